The number of hydrogen-bond acceptors (Lipinski definition) is 5. The molecule has 1 fully saturated rings. The van der Waals surface area contributed by atoms with Crippen LogP contribution in [0, 0.1) is 0 Å². The second-order valence-corrected chi connectivity index (χ2v) is 5.94. The molecule has 2 amide bonds. The van der Waals surface area contributed by atoms with Gasteiger partial charge in [-0.3, -0.25) is 9.59 Å². The summed E-state index contributed by atoms with van der Waals surface area (Å²) in [4.78, 5) is 32.6. The zero-order valence-electron chi connectivity index (χ0n) is 11.9. The van der Waals surface area contributed by atoms with Crippen molar-refractivity contribution in [3.05, 3.63) is 46.3 Å². The summed E-state index contributed by atoms with van der Waals surface area (Å²) in [5, 5.41) is 1.90. The monoisotopic (exact) mass is 316 g/mol. The van der Waals surface area contributed by atoms with E-state index in [0.717, 1.165) is 4.88 Å². The molecule has 114 valence electrons. The SMILES string of the molecule is NC(=O)c1cccnc1N1CCN(C(=O)c2cccs2)CC1. The van der Waals surface area contributed by atoms with Crippen LogP contribution in [-0.4, -0.2) is 47.9 Å². The van der Waals surface area contributed by atoms with Gasteiger partial charge in [0.1, 0.15) is 5.82 Å². The molecule has 3 rings (SSSR count). The maximum Gasteiger partial charge on any atom is 0.264 e. The average molecular weight is 316 g/mol. The molecule has 1 aliphatic heterocycles. The van der Waals surface area contributed by atoms with Crippen LogP contribution < -0.4 is 10.6 Å². The Bertz CT molecular complexity index is 679. The molecule has 0 radical (unpaired) electrons. The lowest BCUT2D eigenvalue weighted by molar-refractivity contribution is 0.0750. The fourth-order valence-corrected chi connectivity index (χ4v) is 3.21. The number of anilines is 1. The van der Waals surface area contributed by atoms with Crippen LogP contribution in [0.2, 0.25) is 0 Å². The molecule has 2 aromatic heterocycles. The van der Waals surface area contributed by atoms with Crippen LogP contribution in [0.5, 0.6) is 0 Å². The zero-order valence-corrected chi connectivity index (χ0v) is 12.8. The largest absolute Gasteiger partial charge is 0.365 e. The Hall–Kier alpha value is -2.41. The van der Waals surface area contributed by atoms with E-state index in [9.17, 15) is 9.59 Å². The molecule has 7 heteroatoms. The highest BCUT2D eigenvalue weighted by Crippen LogP contribution is 2.20. The van der Waals surface area contributed by atoms with Crippen molar-refractivity contribution < 1.29 is 9.59 Å². The molecule has 0 aromatic carbocycles. The highest BCUT2D eigenvalue weighted by Gasteiger charge is 2.25. The Morgan fingerprint density at radius 2 is 1.91 bits per heavy atom. The molecule has 6 nitrogen and oxygen atoms in total. The van der Waals surface area contributed by atoms with E-state index >= 15 is 0 Å². The van der Waals surface area contributed by atoms with Crippen molar-refractivity contribution in [1.82, 2.24) is 9.88 Å². The molecule has 1 saturated heterocycles. The number of primary amides is 1. The van der Waals surface area contributed by atoms with Crippen molar-refractivity contribution in [2.45, 2.75) is 0 Å². The molecule has 0 unspecified atom stereocenters. The van der Waals surface area contributed by atoms with Crippen LogP contribution in [0.3, 0.4) is 0 Å². The normalized spacial score (nSPS) is 14.9. The average Bonchev–Trinajstić information content (AvgIpc) is 3.09. The Morgan fingerprint density at radius 1 is 1.14 bits per heavy atom. The summed E-state index contributed by atoms with van der Waals surface area (Å²) < 4.78 is 0. The van der Waals surface area contributed by atoms with Gasteiger partial charge in [-0.25, -0.2) is 4.98 Å². The minimum absolute atomic E-state index is 0.0609. The van der Waals surface area contributed by atoms with Crippen molar-refractivity contribution in [3.63, 3.8) is 0 Å². The van der Waals surface area contributed by atoms with E-state index in [1.165, 1.54) is 11.3 Å². The van der Waals surface area contributed by atoms with E-state index in [1.807, 2.05) is 27.3 Å². The van der Waals surface area contributed by atoms with Crippen molar-refractivity contribution in [2.75, 3.05) is 31.1 Å². The molecule has 0 saturated carbocycles. The number of carbonyl (C=O) groups excluding carboxylic acids is 2. The van der Waals surface area contributed by atoms with Gasteiger partial charge in [-0.05, 0) is 23.6 Å². The highest BCUT2D eigenvalue weighted by molar-refractivity contribution is 7.12. The van der Waals surface area contributed by atoms with Gasteiger partial charge < -0.3 is 15.5 Å². The molecule has 2 N–H and O–H groups in total. The third kappa shape index (κ3) is 2.80. The Balaban J connectivity index is 1.70. The van der Waals surface area contributed by atoms with Crippen LogP contribution in [0.15, 0.2) is 35.8 Å². The van der Waals surface area contributed by atoms with Crippen molar-refractivity contribution in [3.8, 4) is 0 Å². The minimum Gasteiger partial charge on any atom is -0.365 e. The number of aromatic nitrogens is 1. The third-order valence-corrected chi connectivity index (χ3v) is 4.51. The second-order valence-electron chi connectivity index (χ2n) is 5.00. The highest BCUT2D eigenvalue weighted by atomic mass is 32.1. The van der Waals surface area contributed by atoms with Crippen LogP contribution >= 0.6 is 11.3 Å². The van der Waals surface area contributed by atoms with Crippen molar-refractivity contribution in [1.29, 1.82) is 0 Å². The number of nitrogens with two attached hydrogens (primary N) is 1. The summed E-state index contributed by atoms with van der Waals surface area (Å²) in [6, 6.07) is 7.08. The smallest absolute Gasteiger partial charge is 0.264 e. The number of amides is 2. The number of nitrogens with zero attached hydrogens (tertiary/aromatic N) is 3. The lowest BCUT2D eigenvalue weighted by Crippen LogP contribution is -2.49. The van der Waals surface area contributed by atoms with E-state index in [4.69, 9.17) is 5.73 Å². The molecule has 0 aliphatic carbocycles. The summed E-state index contributed by atoms with van der Waals surface area (Å²) in [7, 11) is 0. The minimum atomic E-state index is -0.486. The van der Waals surface area contributed by atoms with Crippen molar-refractivity contribution in [2.24, 2.45) is 5.73 Å². The number of thiophene rings is 1. The Labute approximate surface area is 132 Å². The third-order valence-electron chi connectivity index (χ3n) is 3.65. The first-order valence-electron chi connectivity index (χ1n) is 6.99. The molecule has 3 heterocycles. The lowest BCUT2D eigenvalue weighted by atomic mass is 10.2. The second kappa shape index (κ2) is 6.15. The quantitative estimate of drug-likeness (QED) is 0.923. The van der Waals surface area contributed by atoms with Gasteiger partial charge >= 0.3 is 0 Å². The summed E-state index contributed by atoms with van der Waals surface area (Å²) in [5.41, 5.74) is 5.81. The molecule has 2 aromatic rings. The molecular formula is C15H16N4O2S. The number of carbonyl (C=O) groups is 2. The zero-order chi connectivity index (χ0) is 15.5. The Morgan fingerprint density at radius 3 is 2.55 bits per heavy atom. The fourth-order valence-electron chi connectivity index (χ4n) is 2.52. The maximum atomic E-state index is 12.3. The topological polar surface area (TPSA) is 79.5 Å². The van der Waals surface area contributed by atoms with Gasteiger partial charge in [-0.15, -0.1) is 11.3 Å². The summed E-state index contributed by atoms with van der Waals surface area (Å²) in [5.74, 6) is 0.171. The van der Waals surface area contributed by atoms with Gasteiger partial charge in [-0.1, -0.05) is 6.07 Å². The molecule has 22 heavy (non-hydrogen) atoms. The summed E-state index contributed by atoms with van der Waals surface area (Å²) in [6.07, 6.45) is 1.64. The van der Waals surface area contributed by atoms with Crippen LogP contribution in [0.1, 0.15) is 20.0 Å². The first-order chi connectivity index (χ1) is 10.7. The maximum absolute atomic E-state index is 12.3. The first kappa shape index (κ1) is 14.5. The predicted molar refractivity (Wildman–Crippen MR) is 85.2 cm³/mol. The number of pyridine rings is 1. The van der Waals surface area contributed by atoms with E-state index < -0.39 is 5.91 Å². The standard InChI is InChI=1S/C15H16N4O2S/c16-13(20)11-3-1-5-17-14(11)18-6-8-19(9-7-18)15(21)12-4-2-10-22-12/h1-5,10H,6-9H2,(H2,16,20). The van der Waals surface area contributed by atoms with Gasteiger partial charge in [0.25, 0.3) is 11.8 Å². The Kier molecular flexibility index (Phi) is 4.06. The van der Waals surface area contributed by atoms with Gasteiger partial charge in [0.2, 0.25) is 0 Å². The molecule has 0 atom stereocenters. The van der Waals surface area contributed by atoms with Gasteiger partial charge in [0.05, 0.1) is 10.4 Å². The van der Waals surface area contributed by atoms with Crippen LogP contribution in [-0.2, 0) is 0 Å². The molecule has 1 aliphatic rings. The predicted octanol–water partition coefficient (Wildman–Crippen LogP) is 1.20. The van der Waals surface area contributed by atoms with E-state index in [2.05, 4.69) is 4.98 Å². The van der Waals surface area contributed by atoms with E-state index in [1.54, 1.807) is 18.3 Å². The fraction of sp³-hybridized carbons (Fsp3) is 0.267. The van der Waals surface area contributed by atoms with E-state index in [-0.39, 0.29) is 5.91 Å². The number of piperazine rings is 1. The summed E-state index contributed by atoms with van der Waals surface area (Å²) >= 11 is 1.45. The first-order valence-corrected chi connectivity index (χ1v) is 7.87. The number of hydrogen-bond donors (Lipinski definition) is 1. The molecule has 0 bridgehead atoms. The number of rotatable bonds is 3. The van der Waals surface area contributed by atoms with E-state index in [0.29, 0.717) is 37.6 Å². The lowest BCUT2D eigenvalue weighted by Gasteiger charge is -2.35. The van der Waals surface area contributed by atoms with Gasteiger partial charge in [-0.2, -0.15) is 0 Å². The van der Waals surface area contributed by atoms with Crippen LogP contribution in [0.25, 0.3) is 0 Å². The van der Waals surface area contributed by atoms with Crippen LogP contribution in [0.4, 0.5) is 5.82 Å². The van der Waals surface area contributed by atoms with Crippen molar-refractivity contribution >= 4 is 29.0 Å². The molecular weight excluding hydrogens is 300 g/mol. The molecule has 0 spiro atoms. The summed E-state index contributed by atoms with van der Waals surface area (Å²) in [6.45, 7) is 2.47. The van der Waals surface area contributed by atoms with Gasteiger partial charge in [0, 0.05) is 32.4 Å². The van der Waals surface area contributed by atoms with Gasteiger partial charge in [0.15, 0.2) is 0 Å².